The summed E-state index contributed by atoms with van der Waals surface area (Å²) in [5.41, 5.74) is 2.58. The van der Waals surface area contributed by atoms with Gasteiger partial charge in [-0.15, -0.1) is 0 Å². The molecule has 3 aromatic rings. The minimum absolute atomic E-state index is 0.0174. The summed E-state index contributed by atoms with van der Waals surface area (Å²) in [7, 11) is 0. The number of benzene rings is 2. The molecule has 0 atom stereocenters. The molecule has 2 heterocycles. The van der Waals surface area contributed by atoms with E-state index in [0.717, 1.165) is 29.7 Å². The third-order valence-electron chi connectivity index (χ3n) is 4.60. The van der Waals surface area contributed by atoms with Gasteiger partial charge in [-0.3, -0.25) is 9.59 Å². The molecule has 1 amide bonds. The van der Waals surface area contributed by atoms with Crippen LogP contribution in [0.1, 0.15) is 28.1 Å². The second-order valence-corrected chi connectivity index (χ2v) is 6.44. The van der Waals surface area contributed by atoms with Gasteiger partial charge < -0.3 is 14.1 Å². The number of ether oxygens (including phenoxy) is 1. The highest BCUT2D eigenvalue weighted by atomic mass is 16.5. The van der Waals surface area contributed by atoms with Crippen LogP contribution in [0.15, 0.2) is 76.1 Å². The van der Waals surface area contributed by atoms with Crippen LogP contribution in [0.5, 0.6) is 5.75 Å². The Morgan fingerprint density at radius 1 is 1.07 bits per heavy atom. The number of para-hydroxylation sites is 1. The van der Waals surface area contributed by atoms with Gasteiger partial charge in [0.1, 0.15) is 12.9 Å². The van der Waals surface area contributed by atoms with Crippen LogP contribution < -0.4 is 15.1 Å². The van der Waals surface area contributed by atoms with Gasteiger partial charge in [0, 0.05) is 18.3 Å². The molecule has 0 bridgehead atoms. The standard InChI is InChI=1S/C22H19NO4/c24-19-13-20(27-15-21(19)26-14-16-7-2-1-3-8-16)22(25)23-12-6-10-17-9-4-5-11-18(17)23/h1-5,7-9,11,13,15H,6,10,12,14H2. The van der Waals surface area contributed by atoms with Gasteiger partial charge in [-0.1, -0.05) is 48.5 Å². The van der Waals surface area contributed by atoms with Gasteiger partial charge in [-0.25, -0.2) is 0 Å². The molecule has 0 aliphatic carbocycles. The van der Waals surface area contributed by atoms with Crippen molar-refractivity contribution in [3.63, 3.8) is 0 Å². The maximum absolute atomic E-state index is 12.9. The van der Waals surface area contributed by atoms with E-state index in [2.05, 4.69) is 0 Å². The molecule has 27 heavy (non-hydrogen) atoms. The number of hydrogen-bond donors (Lipinski definition) is 0. The van der Waals surface area contributed by atoms with Crippen LogP contribution in [0.25, 0.3) is 0 Å². The average Bonchev–Trinajstić information content (AvgIpc) is 2.72. The van der Waals surface area contributed by atoms with Gasteiger partial charge in [0.15, 0.2) is 5.76 Å². The maximum Gasteiger partial charge on any atom is 0.294 e. The third kappa shape index (κ3) is 3.62. The minimum Gasteiger partial charge on any atom is -0.482 e. The quantitative estimate of drug-likeness (QED) is 0.709. The van der Waals surface area contributed by atoms with Crippen LogP contribution in [0, 0.1) is 0 Å². The zero-order valence-corrected chi connectivity index (χ0v) is 14.8. The van der Waals surface area contributed by atoms with Gasteiger partial charge >= 0.3 is 0 Å². The van der Waals surface area contributed by atoms with E-state index in [9.17, 15) is 9.59 Å². The molecule has 136 valence electrons. The fourth-order valence-corrected chi connectivity index (χ4v) is 3.23. The number of anilines is 1. The van der Waals surface area contributed by atoms with Crippen LogP contribution in [-0.4, -0.2) is 12.5 Å². The van der Waals surface area contributed by atoms with Crippen molar-refractivity contribution in [2.45, 2.75) is 19.4 Å². The van der Waals surface area contributed by atoms with E-state index in [1.54, 1.807) is 4.90 Å². The fourth-order valence-electron chi connectivity index (χ4n) is 3.23. The lowest BCUT2D eigenvalue weighted by molar-refractivity contribution is 0.0955. The summed E-state index contributed by atoms with van der Waals surface area (Å²) in [6.45, 7) is 0.865. The first kappa shape index (κ1) is 17.1. The van der Waals surface area contributed by atoms with Crippen molar-refractivity contribution >= 4 is 11.6 Å². The summed E-state index contributed by atoms with van der Waals surface area (Å²) in [5, 5.41) is 0. The molecule has 0 unspecified atom stereocenters. The SMILES string of the molecule is O=C(c1cc(=O)c(OCc2ccccc2)co1)N1CCCc2ccccc21. The Hall–Kier alpha value is -3.34. The van der Waals surface area contributed by atoms with E-state index in [4.69, 9.17) is 9.15 Å². The maximum atomic E-state index is 12.9. The van der Waals surface area contributed by atoms with E-state index in [1.807, 2.05) is 54.6 Å². The molecule has 0 spiro atoms. The lowest BCUT2D eigenvalue weighted by Crippen LogP contribution is -2.35. The van der Waals surface area contributed by atoms with Crippen molar-refractivity contribution in [1.82, 2.24) is 0 Å². The number of rotatable bonds is 4. The van der Waals surface area contributed by atoms with Crippen LogP contribution in [0.2, 0.25) is 0 Å². The van der Waals surface area contributed by atoms with Crippen LogP contribution >= 0.6 is 0 Å². The number of aryl methyl sites for hydroxylation is 1. The topological polar surface area (TPSA) is 59.8 Å². The normalized spacial score (nSPS) is 13.1. The zero-order valence-electron chi connectivity index (χ0n) is 14.8. The highest BCUT2D eigenvalue weighted by Gasteiger charge is 2.25. The van der Waals surface area contributed by atoms with Gasteiger partial charge in [-0.05, 0) is 30.0 Å². The Morgan fingerprint density at radius 2 is 1.85 bits per heavy atom. The van der Waals surface area contributed by atoms with E-state index in [1.165, 1.54) is 12.3 Å². The molecule has 0 radical (unpaired) electrons. The first-order valence-corrected chi connectivity index (χ1v) is 8.92. The lowest BCUT2D eigenvalue weighted by Gasteiger charge is -2.28. The second kappa shape index (κ2) is 7.50. The lowest BCUT2D eigenvalue weighted by atomic mass is 10.0. The monoisotopic (exact) mass is 361 g/mol. The van der Waals surface area contributed by atoms with Crippen molar-refractivity contribution in [3.05, 3.63) is 94.0 Å². The summed E-state index contributed by atoms with van der Waals surface area (Å²) in [6, 6.07) is 18.6. The second-order valence-electron chi connectivity index (χ2n) is 6.44. The average molecular weight is 361 g/mol. The molecule has 5 nitrogen and oxygen atoms in total. The summed E-state index contributed by atoms with van der Waals surface area (Å²) in [4.78, 5) is 26.9. The molecular weight excluding hydrogens is 342 g/mol. The van der Waals surface area contributed by atoms with Gasteiger partial charge in [0.05, 0.1) is 0 Å². The summed E-state index contributed by atoms with van der Waals surface area (Å²) < 4.78 is 11.0. The molecule has 1 aromatic heterocycles. The van der Waals surface area contributed by atoms with Crippen LogP contribution in [-0.2, 0) is 13.0 Å². The zero-order chi connectivity index (χ0) is 18.6. The number of fused-ring (bicyclic) bond motifs is 1. The molecule has 0 saturated carbocycles. The third-order valence-corrected chi connectivity index (χ3v) is 4.60. The van der Waals surface area contributed by atoms with Crippen LogP contribution in [0.4, 0.5) is 5.69 Å². The Kier molecular flexibility index (Phi) is 4.75. The Bertz CT molecular complexity index is 1010. The molecule has 2 aromatic carbocycles. The number of hydrogen-bond acceptors (Lipinski definition) is 4. The molecule has 4 rings (SSSR count). The minimum atomic E-state index is -0.370. The first-order chi connectivity index (χ1) is 13.2. The number of nitrogens with zero attached hydrogens (tertiary/aromatic N) is 1. The molecule has 1 aliphatic heterocycles. The summed E-state index contributed by atoms with van der Waals surface area (Å²) in [6.07, 6.45) is 3.04. The highest BCUT2D eigenvalue weighted by Crippen LogP contribution is 2.28. The van der Waals surface area contributed by atoms with Crippen molar-refractivity contribution in [2.24, 2.45) is 0 Å². The predicted molar refractivity (Wildman–Crippen MR) is 102 cm³/mol. The number of carbonyl (C=O) groups excluding carboxylic acids is 1. The smallest absolute Gasteiger partial charge is 0.294 e. The first-order valence-electron chi connectivity index (χ1n) is 8.92. The van der Waals surface area contributed by atoms with Gasteiger partial charge in [-0.2, -0.15) is 0 Å². The molecule has 0 fully saturated rings. The molecular formula is C22H19NO4. The van der Waals surface area contributed by atoms with Crippen LogP contribution in [0.3, 0.4) is 0 Å². The number of carbonyl (C=O) groups is 1. The fraction of sp³-hybridized carbons (Fsp3) is 0.182. The summed E-state index contributed by atoms with van der Waals surface area (Å²) >= 11 is 0. The van der Waals surface area contributed by atoms with E-state index < -0.39 is 0 Å². The largest absolute Gasteiger partial charge is 0.482 e. The van der Waals surface area contributed by atoms with Crippen molar-refractivity contribution in [3.8, 4) is 5.75 Å². The molecule has 0 N–H and O–H groups in total. The van der Waals surface area contributed by atoms with Gasteiger partial charge in [0.25, 0.3) is 5.91 Å². The van der Waals surface area contributed by atoms with Crippen molar-refractivity contribution in [2.75, 3.05) is 11.4 Å². The van der Waals surface area contributed by atoms with E-state index in [-0.39, 0.29) is 29.5 Å². The van der Waals surface area contributed by atoms with Crippen molar-refractivity contribution in [1.29, 1.82) is 0 Å². The molecule has 0 saturated heterocycles. The van der Waals surface area contributed by atoms with Crippen molar-refractivity contribution < 1.29 is 13.9 Å². The Labute approximate surface area is 156 Å². The number of amides is 1. The van der Waals surface area contributed by atoms with E-state index >= 15 is 0 Å². The Balaban J connectivity index is 1.53. The van der Waals surface area contributed by atoms with E-state index in [0.29, 0.717) is 6.54 Å². The summed E-state index contributed by atoms with van der Waals surface area (Å²) in [5.74, 6) is -0.202. The highest BCUT2D eigenvalue weighted by molar-refractivity contribution is 6.04. The molecule has 1 aliphatic rings. The predicted octanol–water partition coefficient (Wildman–Crippen LogP) is 3.81. The molecule has 5 heteroatoms. The van der Waals surface area contributed by atoms with Gasteiger partial charge in [0.2, 0.25) is 11.2 Å². The Morgan fingerprint density at radius 3 is 2.67 bits per heavy atom.